The quantitative estimate of drug-likeness (QED) is 0.283. The molecule has 0 aliphatic rings. The molecular formula is C22H26ClN5O5S. The van der Waals surface area contributed by atoms with Gasteiger partial charge in [0.25, 0.3) is 0 Å². The maximum absolute atomic E-state index is 11.8. The van der Waals surface area contributed by atoms with Gasteiger partial charge in [0.05, 0.1) is 37.5 Å². The lowest BCUT2D eigenvalue weighted by molar-refractivity contribution is 0.233. The maximum atomic E-state index is 11.8. The van der Waals surface area contributed by atoms with Gasteiger partial charge >= 0.3 is 0 Å². The van der Waals surface area contributed by atoms with Gasteiger partial charge < -0.3 is 25.2 Å². The van der Waals surface area contributed by atoms with Gasteiger partial charge in [0.2, 0.25) is 16.0 Å². The highest BCUT2D eigenvalue weighted by Crippen LogP contribution is 2.33. The van der Waals surface area contributed by atoms with E-state index in [9.17, 15) is 8.42 Å². The van der Waals surface area contributed by atoms with Crippen molar-refractivity contribution in [1.82, 2.24) is 9.97 Å². The van der Waals surface area contributed by atoms with Crippen molar-refractivity contribution in [3.63, 3.8) is 0 Å². The molecule has 2 aromatic carbocycles. The lowest BCUT2D eigenvalue weighted by Gasteiger charge is -2.16. The zero-order chi connectivity index (χ0) is 24.7. The second-order valence-corrected chi connectivity index (χ2v) is 9.48. The van der Waals surface area contributed by atoms with Crippen molar-refractivity contribution >= 4 is 50.5 Å². The third kappa shape index (κ3) is 7.11. The number of methoxy groups -OCH3 is 1. The number of nitrogens with one attached hydrogen (secondary N) is 3. The molecule has 0 saturated heterocycles. The van der Waals surface area contributed by atoms with Crippen LogP contribution < -0.4 is 24.8 Å². The molecular weight excluding hydrogens is 482 g/mol. The second-order valence-electron chi connectivity index (χ2n) is 7.33. The van der Waals surface area contributed by atoms with Gasteiger partial charge in [-0.05, 0) is 30.7 Å². The minimum absolute atomic E-state index is 0.0565. The molecule has 3 aromatic rings. The number of rotatable bonds is 11. The number of aliphatic hydroxyl groups is 1. The molecule has 3 rings (SSSR count). The predicted molar refractivity (Wildman–Crippen MR) is 133 cm³/mol. The average molecular weight is 508 g/mol. The Balaban J connectivity index is 1.86. The van der Waals surface area contributed by atoms with Crippen LogP contribution in [0.3, 0.4) is 0 Å². The molecule has 182 valence electrons. The summed E-state index contributed by atoms with van der Waals surface area (Å²) in [6, 6.07) is 10.4. The molecule has 0 bridgehead atoms. The number of aryl methyl sites for hydroxylation is 1. The van der Waals surface area contributed by atoms with Gasteiger partial charge in [0.1, 0.15) is 16.5 Å². The summed E-state index contributed by atoms with van der Waals surface area (Å²) in [7, 11) is -2.06. The largest absolute Gasteiger partial charge is 0.497 e. The third-order valence-corrected chi connectivity index (χ3v) is 5.41. The molecule has 0 fully saturated rings. The van der Waals surface area contributed by atoms with Crippen LogP contribution in [0.15, 0.2) is 42.6 Å². The van der Waals surface area contributed by atoms with Gasteiger partial charge in [-0.25, -0.2) is 13.4 Å². The highest BCUT2D eigenvalue weighted by atomic mass is 35.5. The van der Waals surface area contributed by atoms with E-state index in [1.165, 1.54) is 13.3 Å². The molecule has 0 spiro atoms. The molecule has 0 aliphatic heterocycles. The van der Waals surface area contributed by atoms with Crippen LogP contribution in [0.1, 0.15) is 12.0 Å². The van der Waals surface area contributed by atoms with E-state index in [1.54, 1.807) is 18.2 Å². The summed E-state index contributed by atoms with van der Waals surface area (Å²) in [4.78, 5) is 8.67. The molecule has 34 heavy (non-hydrogen) atoms. The van der Waals surface area contributed by atoms with Crippen molar-refractivity contribution in [3.8, 4) is 11.5 Å². The van der Waals surface area contributed by atoms with E-state index < -0.39 is 10.0 Å². The van der Waals surface area contributed by atoms with Crippen LogP contribution in [0.2, 0.25) is 5.02 Å². The van der Waals surface area contributed by atoms with Crippen LogP contribution >= 0.6 is 11.6 Å². The number of aromatic nitrogens is 2. The summed E-state index contributed by atoms with van der Waals surface area (Å²) in [6.07, 6.45) is 3.02. The number of benzene rings is 2. The summed E-state index contributed by atoms with van der Waals surface area (Å²) >= 11 is 6.30. The Morgan fingerprint density at radius 3 is 2.50 bits per heavy atom. The molecule has 12 heteroatoms. The molecule has 0 unspecified atom stereocenters. The van der Waals surface area contributed by atoms with Crippen LogP contribution in [0.4, 0.5) is 28.8 Å². The van der Waals surface area contributed by atoms with Crippen LogP contribution in [0, 0.1) is 6.92 Å². The Bertz CT molecular complexity index is 1260. The molecule has 0 amide bonds. The fourth-order valence-corrected chi connectivity index (χ4v) is 3.59. The van der Waals surface area contributed by atoms with Crippen LogP contribution in [0.5, 0.6) is 11.5 Å². The molecule has 0 aliphatic carbocycles. The van der Waals surface area contributed by atoms with Crippen molar-refractivity contribution in [2.75, 3.05) is 41.9 Å². The Morgan fingerprint density at radius 1 is 1.06 bits per heavy atom. The third-order valence-electron chi connectivity index (χ3n) is 4.55. The Morgan fingerprint density at radius 2 is 1.79 bits per heavy atom. The van der Waals surface area contributed by atoms with Crippen molar-refractivity contribution in [3.05, 3.63) is 53.2 Å². The fourth-order valence-electron chi connectivity index (χ4n) is 2.89. The van der Waals surface area contributed by atoms with Crippen molar-refractivity contribution in [1.29, 1.82) is 0 Å². The van der Waals surface area contributed by atoms with Crippen LogP contribution in [0.25, 0.3) is 0 Å². The number of sulfonamides is 1. The Kier molecular flexibility index (Phi) is 8.37. The normalized spacial score (nSPS) is 11.1. The van der Waals surface area contributed by atoms with Crippen LogP contribution in [-0.2, 0) is 10.0 Å². The second kappa shape index (κ2) is 11.2. The summed E-state index contributed by atoms with van der Waals surface area (Å²) in [6.45, 7) is 2.38. The van der Waals surface area contributed by atoms with E-state index in [2.05, 4.69) is 25.3 Å². The molecule has 1 heterocycles. The highest BCUT2D eigenvalue weighted by Gasteiger charge is 2.13. The van der Waals surface area contributed by atoms with Gasteiger partial charge in [0.15, 0.2) is 5.82 Å². The highest BCUT2D eigenvalue weighted by molar-refractivity contribution is 7.92. The van der Waals surface area contributed by atoms with Crippen LogP contribution in [-0.4, -0.2) is 50.1 Å². The van der Waals surface area contributed by atoms with E-state index in [0.717, 1.165) is 17.5 Å². The van der Waals surface area contributed by atoms with E-state index >= 15 is 0 Å². The number of anilines is 5. The predicted octanol–water partition coefficient (Wildman–Crippen LogP) is 4.07. The standard InChI is InChI=1S/C22H26ClN5O5S/c1-14-5-6-16(33-10-4-9-29)12-19(14)26-22-24-13-17(23)21(27-22)25-18-8-7-15(32-2)11-20(18)28-34(3,30)31/h5-8,11-13,28-29H,4,9-10H2,1-3H3,(H2,24,25,26,27). The first-order chi connectivity index (χ1) is 16.2. The van der Waals surface area contributed by atoms with E-state index in [-0.39, 0.29) is 29.1 Å². The first kappa shape index (κ1) is 25.3. The number of halogens is 1. The van der Waals surface area contributed by atoms with E-state index in [0.29, 0.717) is 30.2 Å². The van der Waals surface area contributed by atoms with Crippen molar-refractivity contribution in [2.45, 2.75) is 13.3 Å². The lowest BCUT2D eigenvalue weighted by Crippen LogP contribution is -2.11. The zero-order valence-corrected chi connectivity index (χ0v) is 20.5. The molecule has 0 atom stereocenters. The number of nitrogens with zero attached hydrogens (tertiary/aromatic N) is 2. The summed E-state index contributed by atoms with van der Waals surface area (Å²) in [5, 5.41) is 15.4. The Labute approximate surface area is 203 Å². The van der Waals surface area contributed by atoms with Gasteiger partial charge in [-0.15, -0.1) is 0 Å². The maximum Gasteiger partial charge on any atom is 0.229 e. The summed E-state index contributed by atoms with van der Waals surface area (Å²) < 4.78 is 36.9. The van der Waals surface area contributed by atoms with Crippen molar-refractivity contribution in [2.24, 2.45) is 0 Å². The number of aliphatic hydroxyl groups excluding tert-OH is 1. The SMILES string of the molecule is COc1ccc(Nc2nc(Nc3cc(OCCCO)ccc3C)ncc2Cl)c(NS(C)(=O)=O)c1. The minimum atomic E-state index is -3.54. The minimum Gasteiger partial charge on any atom is -0.497 e. The smallest absolute Gasteiger partial charge is 0.229 e. The van der Waals surface area contributed by atoms with E-state index in [1.807, 2.05) is 25.1 Å². The molecule has 1 aromatic heterocycles. The number of hydrogen-bond acceptors (Lipinski definition) is 9. The first-order valence-corrected chi connectivity index (χ1v) is 12.5. The van der Waals surface area contributed by atoms with Gasteiger partial charge in [-0.3, -0.25) is 4.72 Å². The fraction of sp³-hybridized carbons (Fsp3) is 0.273. The first-order valence-electron chi connectivity index (χ1n) is 10.2. The van der Waals surface area contributed by atoms with Gasteiger partial charge in [-0.1, -0.05) is 17.7 Å². The lowest BCUT2D eigenvalue weighted by atomic mass is 10.2. The average Bonchev–Trinajstić information content (AvgIpc) is 2.78. The monoisotopic (exact) mass is 507 g/mol. The van der Waals surface area contributed by atoms with Gasteiger partial charge in [-0.2, -0.15) is 4.98 Å². The molecule has 10 nitrogen and oxygen atoms in total. The van der Waals surface area contributed by atoms with E-state index in [4.69, 9.17) is 26.2 Å². The summed E-state index contributed by atoms with van der Waals surface area (Å²) in [5.74, 6) is 1.66. The topological polar surface area (TPSA) is 135 Å². The Hall–Kier alpha value is -3.28. The van der Waals surface area contributed by atoms with Crippen molar-refractivity contribution < 1.29 is 23.0 Å². The molecule has 0 radical (unpaired) electrons. The molecule has 4 N–H and O–H groups in total. The number of ether oxygens (including phenoxy) is 2. The zero-order valence-electron chi connectivity index (χ0n) is 18.9. The van der Waals surface area contributed by atoms with Gasteiger partial charge in [0, 0.05) is 30.8 Å². The number of hydrogen-bond donors (Lipinski definition) is 4. The molecule has 0 saturated carbocycles. The summed E-state index contributed by atoms with van der Waals surface area (Å²) in [5.41, 5.74) is 2.37.